The van der Waals surface area contributed by atoms with Crippen LogP contribution in [0.15, 0.2) is 30.3 Å². The van der Waals surface area contributed by atoms with Crippen LogP contribution in [-0.4, -0.2) is 17.4 Å². The van der Waals surface area contributed by atoms with Crippen molar-refractivity contribution in [2.24, 2.45) is 0 Å². The molecule has 114 valence electrons. The van der Waals surface area contributed by atoms with Gasteiger partial charge in [-0.05, 0) is 25.3 Å². The summed E-state index contributed by atoms with van der Waals surface area (Å²) in [5.74, 6) is 0.0255. The fraction of sp³-hybridized carbons (Fsp3) is 0.368. The highest BCUT2D eigenvalue weighted by molar-refractivity contribution is 6.09. The van der Waals surface area contributed by atoms with Gasteiger partial charge in [-0.3, -0.25) is 9.78 Å². The third-order valence-electron chi connectivity index (χ3n) is 4.13. The molecule has 0 saturated carbocycles. The Morgan fingerprint density at radius 1 is 1.27 bits per heavy atom. The number of fused-ring (bicyclic) bond motifs is 2. The molecule has 0 aliphatic heterocycles. The summed E-state index contributed by atoms with van der Waals surface area (Å²) in [6.45, 7) is 2.90. The predicted molar refractivity (Wildman–Crippen MR) is 91.0 cm³/mol. The summed E-state index contributed by atoms with van der Waals surface area (Å²) in [6, 6.07) is 7.92. The summed E-state index contributed by atoms with van der Waals surface area (Å²) in [7, 11) is 0. The predicted octanol–water partition coefficient (Wildman–Crippen LogP) is 4.11. The van der Waals surface area contributed by atoms with E-state index in [9.17, 15) is 4.79 Å². The molecule has 3 nitrogen and oxygen atoms in total. The van der Waals surface area contributed by atoms with Crippen LogP contribution in [0.3, 0.4) is 0 Å². The minimum absolute atomic E-state index is 0.0255. The molecule has 1 N–H and O–H groups in total. The van der Waals surface area contributed by atoms with Crippen molar-refractivity contribution in [1.29, 1.82) is 0 Å². The first kappa shape index (κ1) is 14.8. The maximum absolute atomic E-state index is 12.7. The molecule has 1 amide bonds. The number of aryl methyl sites for hydroxylation is 1. The first-order valence-corrected chi connectivity index (χ1v) is 8.17. The van der Waals surface area contributed by atoms with Gasteiger partial charge in [0.25, 0.3) is 5.91 Å². The number of allylic oxidation sites excluding steroid dienone is 1. The van der Waals surface area contributed by atoms with Crippen LogP contribution in [0.1, 0.15) is 54.2 Å². The van der Waals surface area contributed by atoms with Crippen LogP contribution in [0.4, 0.5) is 0 Å². The van der Waals surface area contributed by atoms with Crippen LogP contribution in [0, 0.1) is 0 Å². The molecule has 0 fully saturated rings. The molecule has 0 atom stereocenters. The number of carbonyl (C=O) groups is 1. The van der Waals surface area contributed by atoms with Gasteiger partial charge >= 0.3 is 0 Å². The van der Waals surface area contributed by atoms with Gasteiger partial charge in [-0.25, -0.2) is 0 Å². The number of hydrogen-bond donors (Lipinski definition) is 1. The molecular formula is C19H22N2O. The first-order chi connectivity index (χ1) is 10.8. The summed E-state index contributed by atoms with van der Waals surface area (Å²) < 4.78 is 0. The topological polar surface area (TPSA) is 42.0 Å². The van der Waals surface area contributed by atoms with E-state index in [1.807, 2.05) is 24.3 Å². The number of para-hydroxylation sites is 1. The van der Waals surface area contributed by atoms with Crippen molar-refractivity contribution < 1.29 is 4.79 Å². The van der Waals surface area contributed by atoms with Gasteiger partial charge in [0.15, 0.2) is 0 Å². The zero-order chi connectivity index (χ0) is 15.4. The fourth-order valence-electron chi connectivity index (χ4n) is 2.98. The summed E-state index contributed by atoms with van der Waals surface area (Å²) in [4.78, 5) is 17.5. The average Bonchev–Trinajstić information content (AvgIpc) is 2.56. The van der Waals surface area contributed by atoms with Gasteiger partial charge in [-0.15, -0.1) is 0 Å². The lowest BCUT2D eigenvalue weighted by molar-refractivity contribution is 0.0954. The molecular weight excluding hydrogens is 272 g/mol. The van der Waals surface area contributed by atoms with Gasteiger partial charge in [0.2, 0.25) is 0 Å². The van der Waals surface area contributed by atoms with E-state index in [0.717, 1.165) is 66.4 Å². The van der Waals surface area contributed by atoms with Gasteiger partial charge in [-0.2, -0.15) is 0 Å². The molecule has 1 aliphatic carbocycles. The van der Waals surface area contributed by atoms with Crippen molar-refractivity contribution >= 4 is 22.9 Å². The van der Waals surface area contributed by atoms with Crippen LogP contribution in [-0.2, 0) is 6.42 Å². The lowest BCUT2D eigenvalue weighted by atomic mass is 9.94. The maximum atomic E-state index is 12.7. The van der Waals surface area contributed by atoms with Gasteiger partial charge in [-0.1, -0.05) is 50.1 Å². The van der Waals surface area contributed by atoms with Crippen LogP contribution in [0.5, 0.6) is 0 Å². The minimum atomic E-state index is 0.0255. The Morgan fingerprint density at radius 2 is 2.14 bits per heavy atom. The Morgan fingerprint density at radius 3 is 3.00 bits per heavy atom. The van der Waals surface area contributed by atoms with E-state index >= 15 is 0 Å². The van der Waals surface area contributed by atoms with Crippen LogP contribution in [0.25, 0.3) is 17.0 Å². The Balaban J connectivity index is 1.99. The van der Waals surface area contributed by atoms with E-state index in [1.54, 1.807) is 0 Å². The lowest BCUT2D eigenvalue weighted by Gasteiger charge is -2.17. The number of amides is 1. The first-order valence-electron chi connectivity index (χ1n) is 8.17. The highest BCUT2D eigenvalue weighted by Crippen LogP contribution is 2.28. The molecule has 1 aliphatic rings. The monoisotopic (exact) mass is 294 g/mol. The van der Waals surface area contributed by atoms with Gasteiger partial charge < -0.3 is 5.32 Å². The third-order valence-corrected chi connectivity index (χ3v) is 4.13. The van der Waals surface area contributed by atoms with E-state index < -0.39 is 0 Å². The number of nitrogens with one attached hydrogen (secondary N) is 1. The van der Waals surface area contributed by atoms with E-state index in [4.69, 9.17) is 4.98 Å². The van der Waals surface area contributed by atoms with E-state index in [2.05, 4.69) is 24.4 Å². The zero-order valence-corrected chi connectivity index (χ0v) is 13.1. The Bertz CT molecular complexity index is 719. The van der Waals surface area contributed by atoms with Crippen molar-refractivity contribution in [3.8, 4) is 0 Å². The second-order valence-electron chi connectivity index (χ2n) is 5.77. The summed E-state index contributed by atoms with van der Waals surface area (Å²) in [5.41, 5.74) is 3.74. The van der Waals surface area contributed by atoms with E-state index in [-0.39, 0.29) is 5.91 Å². The lowest BCUT2D eigenvalue weighted by Crippen LogP contribution is -2.26. The normalized spacial score (nSPS) is 13.1. The van der Waals surface area contributed by atoms with Crippen LogP contribution < -0.4 is 5.32 Å². The molecule has 1 heterocycles. The van der Waals surface area contributed by atoms with E-state index in [0.29, 0.717) is 0 Å². The second-order valence-corrected chi connectivity index (χ2v) is 5.77. The van der Waals surface area contributed by atoms with Gasteiger partial charge in [0.05, 0.1) is 11.1 Å². The van der Waals surface area contributed by atoms with E-state index in [1.165, 1.54) is 0 Å². The number of carbonyl (C=O) groups excluding carboxylic acids is 1. The SMILES string of the molecule is CCCCCNC(=O)c1c2c(nc3ccccc13)CCC=C2. The summed E-state index contributed by atoms with van der Waals surface area (Å²) in [6.07, 6.45) is 9.43. The molecule has 1 aromatic heterocycles. The molecule has 2 aromatic rings. The number of rotatable bonds is 5. The number of nitrogens with zero attached hydrogens (tertiary/aromatic N) is 1. The molecule has 0 spiro atoms. The van der Waals surface area contributed by atoms with Gasteiger partial charge in [0.1, 0.15) is 0 Å². The Kier molecular flexibility index (Phi) is 4.52. The summed E-state index contributed by atoms with van der Waals surface area (Å²) in [5, 5.41) is 4.02. The number of pyridine rings is 1. The molecule has 3 heteroatoms. The molecule has 0 radical (unpaired) electrons. The molecule has 3 rings (SSSR count). The Hall–Kier alpha value is -2.16. The van der Waals surface area contributed by atoms with Crippen molar-refractivity contribution in [2.75, 3.05) is 6.54 Å². The molecule has 0 saturated heterocycles. The largest absolute Gasteiger partial charge is 0.352 e. The quantitative estimate of drug-likeness (QED) is 0.843. The van der Waals surface area contributed by atoms with Crippen LogP contribution in [0.2, 0.25) is 0 Å². The highest BCUT2D eigenvalue weighted by atomic mass is 16.1. The highest BCUT2D eigenvalue weighted by Gasteiger charge is 2.19. The van der Waals surface area contributed by atoms with Crippen LogP contribution >= 0.6 is 0 Å². The maximum Gasteiger partial charge on any atom is 0.252 e. The summed E-state index contributed by atoms with van der Waals surface area (Å²) >= 11 is 0. The molecule has 22 heavy (non-hydrogen) atoms. The zero-order valence-electron chi connectivity index (χ0n) is 13.1. The molecule has 0 unspecified atom stereocenters. The van der Waals surface area contributed by atoms with Crippen molar-refractivity contribution in [2.45, 2.75) is 39.0 Å². The number of benzene rings is 1. The van der Waals surface area contributed by atoms with Crippen molar-refractivity contribution in [3.63, 3.8) is 0 Å². The molecule has 0 bridgehead atoms. The standard InChI is InChI=1S/C19H22N2O/c1-2-3-8-13-20-19(22)18-14-9-4-6-11-16(14)21-17-12-7-5-10-15(17)18/h4-6,9-11H,2-3,7-8,12-13H2,1H3,(H,20,22). The van der Waals surface area contributed by atoms with Crippen molar-refractivity contribution in [3.05, 3.63) is 47.2 Å². The average molecular weight is 294 g/mol. The fourth-order valence-corrected chi connectivity index (χ4v) is 2.98. The second kappa shape index (κ2) is 6.73. The smallest absolute Gasteiger partial charge is 0.252 e. The number of aromatic nitrogens is 1. The Labute approximate surface area is 131 Å². The number of unbranched alkanes of at least 4 members (excludes halogenated alkanes) is 2. The van der Waals surface area contributed by atoms with Gasteiger partial charge in [0, 0.05) is 23.2 Å². The van der Waals surface area contributed by atoms with Crippen molar-refractivity contribution in [1.82, 2.24) is 10.3 Å². The minimum Gasteiger partial charge on any atom is -0.352 e. The molecule has 1 aromatic carbocycles. The number of hydrogen-bond acceptors (Lipinski definition) is 2. The third kappa shape index (κ3) is 2.89.